The van der Waals surface area contributed by atoms with Gasteiger partial charge in [0.1, 0.15) is 6.07 Å². The van der Waals surface area contributed by atoms with Gasteiger partial charge in [0.05, 0.1) is 12.2 Å². The van der Waals surface area contributed by atoms with Crippen LogP contribution in [0.15, 0.2) is 35.4 Å². The summed E-state index contributed by atoms with van der Waals surface area (Å²) in [5, 5.41) is 14.8. The number of rotatable bonds is 4. The Balaban J connectivity index is 1.68. The van der Waals surface area contributed by atoms with Crippen molar-refractivity contribution in [1.82, 2.24) is 15.3 Å². The molecular formula is C19H16N4O3. The SMILES string of the molecule is N#Cc1c[nH]c(=O)c2cc3ccnc(OCC[C@@H]4CCC(=O)N4)c3cc12. The summed E-state index contributed by atoms with van der Waals surface area (Å²) in [6.45, 7) is 0.426. The number of nitrogens with zero attached hydrogens (tertiary/aromatic N) is 2. The van der Waals surface area contributed by atoms with Gasteiger partial charge in [-0.25, -0.2) is 4.98 Å². The van der Waals surface area contributed by atoms with E-state index in [0.717, 1.165) is 17.2 Å². The van der Waals surface area contributed by atoms with Crippen LogP contribution in [0.3, 0.4) is 0 Å². The second kappa shape index (κ2) is 6.48. The van der Waals surface area contributed by atoms with Crippen LogP contribution in [0.2, 0.25) is 0 Å². The fourth-order valence-corrected chi connectivity index (χ4v) is 3.30. The second-order valence-electron chi connectivity index (χ2n) is 6.32. The number of nitrogens with one attached hydrogen (secondary N) is 2. The van der Waals surface area contributed by atoms with Crippen molar-refractivity contribution >= 4 is 27.5 Å². The lowest BCUT2D eigenvalue weighted by Crippen LogP contribution is -2.26. The minimum atomic E-state index is -0.239. The number of pyridine rings is 2. The smallest absolute Gasteiger partial charge is 0.255 e. The highest BCUT2D eigenvalue weighted by Gasteiger charge is 2.20. The molecule has 130 valence electrons. The van der Waals surface area contributed by atoms with Gasteiger partial charge in [0, 0.05) is 47.4 Å². The van der Waals surface area contributed by atoms with Gasteiger partial charge in [-0.1, -0.05) is 0 Å². The predicted molar refractivity (Wildman–Crippen MR) is 95.9 cm³/mol. The van der Waals surface area contributed by atoms with Crippen molar-refractivity contribution in [2.75, 3.05) is 6.61 Å². The Labute approximate surface area is 148 Å². The normalized spacial score (nSPS) is 16.6. The number of nitriles is 1. The van der Waals surface area contributed by atoms with E-state index in [1.54, 1.807) is 24.4 Å². The van der Waals surface area contributed by atoms with Crippen LogP contribution in [0.5, 0.6) is 5.88 Å². The molecule has 3 heterocycles. The van der Waals surface area contributed by atoms with E-state index in [1.807, 2.05) is 0 Å². The van der Waals surface area contributed by atoms with Gasteiger partial charge >= 0.3 is 0 Å². The zero-order valence-electron chi connectivity index (χ0n) is 13.9. The molecule has 3 aromatic rings. The van der Waals surface area contributed by atoms with Crippen molar-refractivity contribution in [3.63, 3.8) is 0 Å². The number of aromatic nitrogens is 2. The van der Waals surface area contributed by atoms with E-state index in [9.17, 15) is 14.9 Å². The molecule has 7 heteroatoms. The summed E-state index contributed by atoms with van der Waals surface area (Å²) < 4.78 is 5.84. The first-order valence-corrected chi connectivity index (χ1v) is 8.42. The lowest BCUT2D eigenvalue weighted by molar-refractivity contribution is -0.119. The third-order valence-corrected chi connectivity index (χ3v) is 4.66. The van der Waals surface area contributed by atoms with Crippen LogP contribution in [0.25, 0.3) is 21.5 Å². The van der Waals surface area contributed by atoms with Gasteiger partial charge < -0.3 is 15.0 Å². The molecule has 4 rings (SSSR count). The Kier molecular flexibility index (Phi) is 4.01. The number of ether oxygens (including phenoxy) is 1. The summed E-state index contributed by atoms with van der Waals surface area (Å²) in [6.07, 6.45) is 5.14. The molecule has 1 aliphatic heterocycles. The summed E-state index contributed by atoms with van der Waals surface area (Å²) >= 11 is 0. The summed E-state index contributed by atoms with van der Waals surface area (Å²) in [4.78, 5) is 30.2. The molecule has 0 saturated carbocycles. The molecule has 26 heavy (non-hydrogen) atoms. The zero-order chi connectivity index (χ0) is 18.1. The first-order chi connectivity index (χ1) is 12.7. The number of hydrogen-bond acceptors (Lipinski definition) is 5. The minimum absolute atomic E-state index is 0.0824. The average Bonchev–Trinajstić information content (AvgIpc) is 3.06. The second-order valence-corrected chi connectivity index (χ2v) is 6.32. The number of aromatic amines is 1. The summed E-state index contributed by atoms with van der Waals surface area (Å²) in [5.74, 6) is 0.539. The van der Waals surface area contributed by atoms with Crippen LogP contribution in [0.1, 0.15) is 24.8 Å². The molecule has 7 nitrogen and oxygen atoms in total. The minimum Gasteiger partial charge on any atom is -0.477 e. The third-order valence-electron chi connectivity index (χ3n) is 4.66. The van der Waals surface area contributed by atoms with E-state index < -0.39 is 0 Å². The van der Waals surface area contributed by atoms with Gasteiger partial charge in [-0.3, -0.25) is 9.59 Å². The number of H-pyrrole nitrogens is 1. The van der Waals surface area contributed by atoms with Crippen molar-refractivity contribution < 1.29 is 9.53 Å². The van der Waals surface area contributed by atoms with Gasteiger partial charge in [-0.05, 0) is 30.0 Å². The topological polar surface area (TPSA) is 108 Å². The highest BCUT2D eigenvalue weighted by atomic mass is 16.5. The first kappa shape index (κ1) is 16.1. The maximum Gasteiger partial charge on any atom is 0.255 e. The molecule has 1 aromatic carbocycles. The van der Waals surface area contributed by atoms with Crippen LogP contribution in [-0.2, 0) is 4.79 Å². The highest BCUT2D eigenvalue weighted by Crippen LogP contribution is 2.28. The molecule has 0 radical (unpaired) electrons. The van der Waals surface area contributed by atoms with E-state index >= 15 is 0 Å². The maximum atomic E-state index is 12.1. The molecular weight excluding hydrogens is 332 g/mol. The molecule has 2 N–H and O–H groups in total. The lowest BCUT2D eigenvalue weighted by atomic mass is 10.0. The fraction of sp³-hybridized carbons (Fsp3) is 0.263. The van der Waals surface area contributed by atoms with Crippen LogP contribution in [0, 0.1) is 11.3 Å². The number of carbonyl (C=O) groups is 1. The van der Waals surface area contributed by atoms with Crippen LogP contribution in [0.4, 0.5) is 0 Å². The van der Waals surface area contributed by atoms with E-state index in [2.05, 4.69) is 21.4 Å². The predicted octanol–water partition coefficient (Wildman–Crippen LogP) is 2.00. The van der Waals surface area contributed by atoms with Crippen LogP contribution < -0.4 is 15.6 Å². The lowest BCUT2D eigenvalue weighted by Gasteiger charge is -2.12. The van der Waals surface area contributed by atoms with Crippen molar-refractivity contribution in [1.29, 1.82) is 5.26 Å². The average molecular weight is 348 g/mol. The monoisotopic (exact) mass is 348 g/mol. The van der Waals surface area contributed by atoms with E-state index in [0.29, 0.717) is 41.7 Å². The fourth-order valence-electron chi connectivity index (χ4n) is 3.30. The van der Waals surface area contributed by atoms with Crippen LogP contribution in [-0.4, -0.2) is 28.5 Å². The number of carbonyl (C=O) groups excluding carboxylic acids is 1. The van der Waals surface area contributed by atoms with Gasteiger partial charge in [-0.15, -0.1) is 0 Å². The number of fused-ring (bicyclic) bond motifs is 2. The molecule has 1 fully saturated rings. The highest BCUT2D eigenvalue weighted by molar-refractivity contribution is 6.01. The van der Waals surface area contributed by atoms with Gasteiger partial charge in [-0.2, -0.15) is 5.26 Å². The molecule has 1 atom stereocenters. The summed E-state index contributed by atoms with van der Waals surface area (Å²) in [6, 6.07) is 7.56. The molecule has 0 aliphatic carbocycles. The summed E-state index contributed by atoms with van der Waals surface area (Å²) in [5.41, 5.74) is 0.155. The molecule has 1 aliphatic rings. The molecule has 1 amide bonds. The van der Waals surface area contributed by atoms with E-state index in [4.69, 9.17) is 4.74 Å². The largest absolute Gasteiger partial charge is 0.477 e. The quantitative estimate of drug-likeness (QED) is 0.701. The van der Waals surface area contributed by atoms with Crippen molar-refractivity contribution in [3.8, 4) is 11.9 Å². The Bertz CT molecular complexity index is 1110. The molecule has 1 saturated heterocycles. The Morgan fingerprint density at radius 1 is 1.27 bits per heavy atom. The van der Waals surface area contributed by atoms with Gasteiger partial charge in [0.2, 0.25) is 11.8 Å². The van der Waals surface area contributed by atoms with Crippen molar-refractivity contribution in [3.05, 3.63) is 46.5 Å². The maximum absolute atomic E-state index is 12.1. The number of hydrogen-bond donors (Lipinski definition) is 2. The Hall–Kier alpha value is -3.40. The third kappa shape index (κ3) is 2.86. The standard InChI is InChI=1S/C19H16N4O3/c20-9-12-10-22-18(25)16-7-11-3-5-21-19(15(11)8-14(12)16)26-6-4-13-1-2-17(24)23-13/h3,5,7-8,10,13H,1-2,4,6H2,(H,22,25)(H,23,24)/t13-/m0/s1. The van der Waals surface area contributed by atoms with Gasteiger partial charge in [0.15, 0.2) is 0 Å². The Morgan fingerprint density at radius 3 is 2.92 bits per heavy atom. The first-order valence-electron chi connectivity index (χ1n) is 8.42. The molecule has 0 spiro atoms. The zero-order valence-corrected chi connectivity index (χ0v) is 13.9. The number of amides is 1. The van der Waals surface area contributed by atoms with Crippen molar-refractivity contribution in [2.45, 2.75) is 25.3 Å². The summed E-state index contributed by atoms with van der Waals surface area (Å²) in [7, 11) is 0. The Morgan fingerprint density at radius 2 is 2.15 bits per heavy atom. The molecule has 0 unspecified atom stereocenters. The van der Waals surface area contributed by atoms with Crippen LogP contribution >= 0.6 is 0 Å². The van der Waals surface area contributed by atoms with Crippen molar-refractivity contribution in [2.24, 2.45) is 0 Å². The van der Waals surface area contributed by atoms with E-state index in [1.165, 1.54) is 6.20 Å². The van der Waals surface area contributed by atoms with Gasteiger partial charge in [0.25, 0.3) is 5.56 Å². The number of benzene rings is 1. The molecule has 0 bridgehead atoms. The van der Waals surface area contributed by atoms with E-state index in [-0.39, 0.29) is 17.5 Å². The molecule has 2 aromatic heterocycles.